The number of fused-ring (bicyclic) bond motifs is 1. The molecule has 0 saturated carbocycles. The molecule has 0 spiro atoms. The second-order valence-electron chi connectivity index (χ2n) is 7.87. The molecule has 5 rings (SSSR count). The van der Waals surface area contributed by atoms with Crippen molar-refractivity contribution in [2.45, 2.75) is 30.0 Å². The van der Waals surface area contributed by atoms with Crippen LogP contribution in [0.5, 0.6) is 0 Å². The number of halogens is 2. The minimum atomic E-state index is -4.08. The number of aryl methyl sites for hydroxylation is 1. The molecule has 0 unspecified atom stereocenters. The number of alkyl halides is 2. The first kappa shape index (κ1) is 22.3. The zero-order chi connectivity index (χ0) is 24.0. The topological polar surface area (TPSA) is 114 Å². The van der Waals surface area contributed by atoms with Crippen molar-refractivity contribution in [2.24, 2.45) is 7.05 Å². The molecule has 2 aromatic heterocycles. The van der Waals surface area contributed by atoms with Crippen molar-refractivity contribution in [2.75, 3.05) is 0 Å². The summed E-state index contributed by atoms with van der Waals surface area (Å²) in [5.74, 6) is -1.05. The lowest BCUT2D eigenvalue weighted by atomic mass is 9.97. The number of aromatic nitrogens is 4. The fourth-order valence-electron chi connectivity index (χ4n) is 4.06. The molecule has 0 radical (unpaired) electrons. The first-order chi connectivity index (χ1) is 16.3. The Balaban J connectivity index is 1.56. The number of aliphatic hydroxyl groups excluding tert-OH is 1. The normalized spacial score (nSPS) is 17.1. The lowest BCUT2D eigenvalue weighted by molar-refractivity contribution is 0.0885. The van der Waals surface area contributed by atoms with Crippen LogP contribution in [0.2, 0.25) is 0 Å². The van der Waals surface area contributed by atoms with Crippen LogP contribution in [0, 0.1) is 0 Å². The highest BCUT2D eigenvalue weighted by Gasteiger charge is 2.43. The van der Waals surface area contributed by atoms with Crippen LogP contribution in [0.1, 0.15) is 41.2 Å². The lowest BCUT2D eigenvalue weighted by Gasteiger charge is -2.30. The summed E-state index contributed by atoms with van der Waals surface area (Å²) >= 11 is 0. The molecule has 0 saturated heterocycles. The van der Waals surface area contributed by atoms with Gasteiger partial charge in [0, 0.05) is 30.9 Å². The highest BCUT2D eigenvalue weighted by Crippen LogP contribution is 2.43. The molecule has 12 heteroatoms. The molecule has 1 N–H and O–H groups in total. The minimum Gasteiger partial charge on any atom is -0.415 e. The van der Waals surface area contributed by atoms with Crippen molar-refractivity contribution in [1.82, 2.24) is 24.3 Å². The SMILES string of the molecule is Cn1cc([C@@H]([C@H](O)c2ccccc2)N2Cc3ccc(-c4nnc(C(F)F)o4)cc3S2(=O)=O)cn1. The Hall–Kier alpha value is -3.48. The Morgan fingerprint density at radius 2 is 1.85 bits per heavy atom. The maximum atomic E-state index is 13.6. The van der Waals surface area contributed by atoms with E-state index in [0.717, 1.165) is 0 Å². The van der Waals surface area contributed by atoms with Gasteiger partial charge in [0.1, 0.15) is 0 Å². The van der Waals surface area contributed by atoms with Crippen LogP contribution < -0.4 is 0 Å². The molecule has 0 bridgehead atoms. The second-order valence-corrected chi connectivity index (χ2v) is 9.73. The third kappa shape index (κ3) is 3.79. The van der Waals surface area contributed by atoms with Gasteiger partial charge in [-0.15, -0.1) is 10.2 Å². The molecule has 0 amide bonds. The molecule has 176 valence electrons. The molecule has 1 aliphatic heterocycles. The van der Waals surface area contributed by atoms with E-state index in [4.69, 9.17) is 4.42 Å². The van der Waals surface area contributed by atoms with Crippen LogP contribution >= 0.6 is 0 Å². The van der Waals surface area contributed by atoms with Crippen LogP contribution in [-0.2, 0) is 23.6 Å². The second kappa shape index (κ2) is 8.38. The highest BCUT2D eigenvalue weighted by atomic mass is 32.2. The van der Waals surface area contributed by atoms with Gasteiger partial charge in [-0.3, -0.25) is 4.68 Å². The van der Waals surface area contributed by atoms with E-state index >= 15 is 0 Å². The van der Waals surface area contributed by atoms with Crippen molar-refractivity contribution in [1.29, 1.82) is 0 Å². The number of benzene rings is 2. The zero-order valence-electron chi connectivity index (χ0n) is 17.8. The van der Waals surface area contributed by atoms with Gasteiger partial charge in [0.05, 0.1) is 23.2 Å². The van der Waals surface area contributed by atoms with Gasteiger partial charge < -0.3 is 9.52 Å². The lowest BCUT2D eigenvalue weighted by Crippen LogP contribution is -2.33. The largest absolute Gasteiger partial charge is 0.415 e. The summed E-state index contributed by atoms with van der Waals surface area (Å²) in [6.45, 7) is 0.00746. The average Bonchev–Trinajstić information content (AvgIpc) is 3.54. The summed E-state index contributed by atoms with van der Waals surface area (Å²) in [5.41, 5.74) is 1.76. The number of aliphatic hydroxyl groups is 1. The van der Waals surface area contributed by atoms with Crippen LogP contribution in [0.3, 0.4) is 0 Å². The van der Waals surface area contributed by atoms with Crippen LogP contribution in [-0.4, -0.2) is 37.8 Å². The fourth-order valence-corrected chi connectivity index (χ4v) is 5.89. The Kier molecular flexibility index (Phi) is 5.50. The van der Waals surface area contributed by atoms with Crippen LogP contribution in [0.4, 0.5) is 8.78 Å². The Morgan fingerprint density at radius 1 is 1.09 bits per heavy atom. The van der Waals surface area contributed by atoms with Gasteiger partial charge in [-0.25, -0.2) is 8.42 Å². The van der Waals surface area contributed by atoms with Crippen molar-refractivity contribution in [3.05, 3.63) is 83.5 Å². The predicted molar refractivity (Wildman–Crippen MR) is 115 cm³/mol. The smallest absolute Gasteiger partial charge is 0.314 e. The summed E-state index contributed by atoms with van der Waals surface area (Å²) in [4.78, 5) is -0.0176. The standard InChI is InChI=1S/C22H19F2N5O4S/c1-28-11-16(10-25-28)18(19(30)13-5-3-2-4-6-13)29-12-15-8-7-14(9-17(15)34(29,31)32)21-26-27-22(33-21)20(23)24/h2-11,18-20,30H,12H2,1H3/t18-,19+/m0/s1. The molecule has 9 nitrogen and oxygen atoms in total. The van der Waals surface area contributed by atoms with E-state index in [1.807, 2.05) is 0 Å². The Bertz CT molecular complexity index is 1440. The Labute approximate surface area is 193 Å². The third-order valence-electron chi connectivity index (χ3n) is 5.67. The van der Waals surface area contributed by atoms with Crippen molar-refractivity contribution < 1.29 is 26.7 Å². The van der Waals surface area contributed by atoms with Crippen LogP contribution in [0.15, 0.2) is 70.2 Å². The molecule has 0 aliphatic carbocycles. The van der Waals surface area contributed by atoms with Crippen LogP contribution in [0.25, 0.3) is 11.5 Å². The maximum Gasteiger partial charge on any atom is 0.314 e. The predicted octanol–water partition coefficient (Wildman–Crippen LogP) is 3.39. The quantitative estimate of drug-likeness (QED) is 0.443. The molecule has 4 aromatic rings. The molecule has 34 heavy (non-hydrogen) atoms. The summed E-state index contributed by atoms with van der Waals surface area (Å²) < 4.78 is 60.7. The highest BCUT2D eigenvalue weighted by molar-refractivity contribution is 7.89. The third-order valence-corrected chi connectivity index (χ3v) is 7.58. The summed E-state index contributed by atoms with van der Waals surface area (Å²) in [6, 6.07) is 12.2. The molecule has 0 fully saturated rings. The molecular formula is C22H19F2N5O4S. The van der Waals surface area contributed by atoms with E-state index in [1.54, 1.807) is 49.6 Å². The number of sulfonamides is 1. The van der Waals surface area contributed by atoms with Gasteiger partial charge in [-0.05, 0) is 23.3 Å². The summed E-state index contributed by atoms with van der Waals surface area (Å²) in [6.07, 6.45) is -0.927. The van der Waals surface area contributed by atoms with E-state index in [0.29, 0.717) is 16.7 Å². The van der Waals surface area contributed by atoms with E-state index in [-0.39, 0.29) is 22.9 Å². The molecule has 2 aromatic carbocycles. The average molecular weight is 487 g/mol. The molecule has 3 heterocycles. The number of rotatable bonds is 6. The van der Waals surface area contributed by atoms with Gasteiger partial charge in [0.2, 0.25) is 15.9 Å². The van der Waals surface area contributed by atoms with E-state index in [2.05, 4.69) is 15.3 Å². The van der Waals surface area contributed by atoms with Gasteiger partial charge in [-0.1, -0.05) is 36.4 Å². The first-order valence-corrected chi connectivity index (χ1v) is 11.7. The zero-order valence-corrected chi connectivity index (χ0v) is 18.6. The van der Waals surface area contributed by atoms with Gasteiger partial charge in [0.25, 0.3) is 5.89 Å². The van der Waals surface area contributed by atoms with E-state index < -0.39 is 34.5 Å². The Morgan fingerprint density at radius 3 is 2.50 bits per heavy atom. The van der Waals surface area contributed by atoms with E-state index in [9.17, 15) is 22.3 Å². The maximum absolute atomic E-state index is 13.6. The summed E-state index contributed by atoms with van der Waals surface area (Å²) in [5, 5.41) is 22.3. The van der Waals surface area contributed by atoms with Crippen molar-refractivity contribution in [3.8, 4) is 11.5 Å². The monoisotopic (exact) mass is 487 g/mol. The number of nitrogens with zero attached hydrogens (tertiary/aromatic N) is 5. The van der Waals surface area contributed by atoms with Crippen molar-refractivity contribution in [3.63, 3.8) is 0 Å². The molecule has 1 aliphatic rings. The molecule has 2 atom stereocenters. The van der Waals surface area contributed by atoms with E-state index in [1.165, 1.54) is 27.3 Å². The van der Waals surface area contributed by atoms with Gasteiger partial charge in [0.15, 0.2) is 0 Å². The van der Waals surface area contributed by atoms with Gasteiger partial charge >= 0.3 is 6.43 Å². The summed E-state index contributed by atoms with van der Waals surface area (Å²) in [7, 11) is -2.38. The van der Waals surface area contributed by atoms with Crippen molar-refractivity contribution >= 4 is 10.0 Å². The minimum absolute atomic E-state index is 0.00746. The first-order valence-electron chi connectivity index (χ1n) is 10.2. The number of hydrogen-bond acceptors (Lipinski definition) is 7. The molecular weight excluding hydrogens is 468 g/mol. The number of hydrogen-bond donors (Lipinski definition) is 1. The fraction of sp³-hybridized carbons (Fsp3) is 0.227. The van der Waals surface area contributed by atoms with Gasteiger partial charge in [-0.2, -0.15) is 18.2 Å².